The number of ether oxygens (including phenoxy) is 2. The fourth-order valence-electron chi connectivity index (χ4n) is 2.47. The highest BCUT2D eigenvalue weighted by molar-refractivity contribution is 7.99. The summed E-state index contributed by atoms with van der Waals surface area (Å²) >= 11 is 7.41. The van der Waals surface area contributed by atoms with E-state index >= 15 is 0 Å². The van der Waals surface area contributed by atoms with Gasteiger partial charge in [-0.05, 0) is 18.2 Å². The van der Waals surface area contributed by atoms with Gasteiger partial charge in [0.05, 0.1) is 30.7 Å². The van der Waals surface area contributed by atoms with Crippen LogP contribution in [0.4, 0.5) is 5.69 Å². The number of hydrogen-bond donors (Lipinski definition) is 1. The molecule has 0 radical (unpaired) electrons. The van der Waals surface area contributed by atoms with Crippen molar-refractivity contribution in [3.8, 4) is 22.9 Å². The number of aromatic nitrogens is 4. The molecule has 1 N–H and O–H groups in total. The maximum atomic E-state index is 12.4. The SMILES string of the molecule is COc1cc(OC)c(NC(=O)CSc2nnc(-c3ccncc3)n2C)cc1Cl. The number of anilines is 1. The third kappa shape index (κ3) is 4.37. The largest absolute Gasteiger partial charge is 0.495 e. The minimum atomic E-state index is -0.224. The van der Waals surface area contributed by atoms with E-state index in [1.54, 1.807) is 24.5 Å². The van der Waals surface area contributed by atoms with Crippen molar-refractivity contribution in [3.63, 3.8) is 0 Å². The molecule has 2 heterocycles. The van der Waals surface area contributed by atoms with Crippen LogP contribution in [-0.4, -0.2) is 45.6 Å². The van der Waals surface area contributed by atoms with E-state index in [0.717, 1.165) is 5.56 Å². The summed E-state index contributed by atoms with van der Waals surface area (Å²) in [6.45, 7) is 0. The van der Waals surface area contributed by atoms with E-state index < -0.39 is 0 Å². The average Bonchev–Trinajstić information content (AvgIpc) is 3.07. The van der Waals surface area contributed by atoms with Gasteiger partial charge in [-0.25, -0.2) is 0 Å². The Morgan fingerprint density at radius 1 is 1.18 bits per heavy atom. The van der Waals surface area contributed by atoms with Crippen molar-refractivity contribution in [2.75, 3.05) is 25.3 Å². The summed E-state index contributed by atoms with van der Waals surface area (Å²) in [6.07, 6.45) is 3.38. The molecule has 0 aliphatic heterocycles. The molecule has 10 heteroatoms. The number of rotatable bonds is 7. The lowest BCUT2D eigenvalue weighted by atomic mass is 10.2. The molecule has 0 saturated carbocycles. The predicted molar refractivity (Wildman–Crippen MR) is 108 cm³/mol. The zero-order chi connectivity index (χ0) is 20.1. The first kappa shape index (κ1) is 20.0. The molecule has 2 aromatic heterocycles. The minimum absolute atomic E-state index is 0.148. The average molecular weight is 420 g/mol. The van der Waals surface area contributed by atoms with Crippen LogP contribution in [0.3, 0.4) is 0 Å². The number of hydrogen-bond acceptors (Lipinski definition) is 7. The second-order valence-electron chi connectivity index (χ2n) is 5.62. The van der Waals surface area contributed by atoms with Crippen LogP contribution in [0, 0.1) is 0 Å². The number of nitrogens with one attached hydrogen (secondary N) is 1. The first-order valence-corrected chi connectivity index (χ1v) is 9.53. The number of thioether (sulfide) groups is 1. The van der Waals surface area contributed by atoms with Gasteiger partial charge in [0.2, 0.25) is 5.91 Å². The van der Waals surface area contributed by atoms with Crippen LogP contribution < -0.4 is 14.8 Å². The number of methoxy groups -OCH3 is 2. The lowest BCUT2D eigenvalue weighted by Crippen LogP contribution is -2.15. The Morgan fingerprint density at radius 3 is 2.57 bits per heavy atom. The summed E-state index contributed by atoms with van der Waals surface area (Å²) in [6, 6.07) is 6.91. The van der Waals surface area contributed by atoms with Gasteiger partial charge < -0.3 is 19.4 Å². The van der Waals surface area contributed by atoms with E-state index in [1.165, 1.54) is 26.0 Å². The molecule has 0 spiro atoms. The number of benzene rings is 1. The molecule has 1 amide bonds. The summed E-state index contributed by atoms with van der Waals surface area (Å²) in [4.78, 5) is 16.4. The number of amides is 1. The molecule has 1 aromatic carbocycles. The van der Waals surface area contributed by atoms with Gasteiger partial charge in [0, 0.05) is 31.1 Å². The molecular weight excluding hydrogens is 402 g/mol. The van der Waals surface area contributed by atoms with Crippen LogP contribution >= 0.6 is 23.4 Å². The van der Waals surface area contributed by atoms with Gasteiger partial charge in [-0.15, -0.1) is 10.2 Å². The zero-order valence-corrected chi connectivity index (χ0v) is 17.0. The highest BCUT2D eigenvalue weighted by Crippen LogP contribution is 2.36. The van der Waals surface area contributed by atoms with Crippen LogP contribution in [0.25, 0.3) is 11.4 Å². The predicted octanol–water partition coefficient (Wildman–Crippen LogP) is 3.28. The lowest BCUT2D eigenvalue weighted by Gasteiger charge is -2.13. The highest BCUT2D eigenvalue weighted by atomic mass is 35.5. The smallest absolute Gasteiger partial charge is 0.234 e. The van der Waals surface area contributed by atoms with Gasteiger partial charge in [-0.3, -0.25) is 9.78 Å². The minimum Gasteiger partial charge on any atom is -0.495 e. The molecule has 28 heavy (non-hydrogen) atoms. The number of carbonyl (C=O) groups excluding carboxylic acids is 1. The zero-order valence-electron chi connectivity index (χ0n) is 15.5. The fraction of sp³-hybridized carbons (Fsp3) is 0.222. The van der Waals surface area contributed by atoms with Gasteiger partial charge in [-0.1, -0.05) is 23.4 Å². The maximum absolute atomic E-state index is 12.4. The Bertz CT molecular complexity index is 981. The van der Waals surface area contributed by atoms with E-state index in [4.69, 9.17) is 21.1 Å². The quantitative estimate of drug-likeness (QED) is 0.587. The standard InChI is InChI=1S/C18H18ClN5O3S/c1-24-17(11-4-6-20-7-5-11)22-23-18(24)28-10-16(25)21-13-8-12(19)14(26-2)9-15(13)27-3/h4-9H,10H2,1-3H3,(H,21,25). The first-order valence-electron chi connectivity index (χ1n) is 8.17. The summed E-state index contributed by atoms with van der Waals surface area (Å²) in [7, 11) is 4.87. The van der Waals surface area contributed by atoms with E-state index in [2.05, 4.69) is 20.5 Å². The molecule has 0 aliphatic rings. The van der Waals surface area contributed by atoms with Crippen molar-refractivity contribution in [2.45, 2.75) is 5.16 Å². The second-order valence-corrected chi connectivity index (χ2v) is 6.97. The van der Waals surface area contributed by atoms with Gasteiger partial charge in [0.25, 0.3) is 0 Å². The van der Waals surface area contributed by atoms with Crippen LogP contribution in [0.5, 0.6) is 11.5 Å². The van der Waals surface area contributed by atoms with Crippen molar-refractivity contribution in [2.24, 2.45) is 7.05 Å². The van der Waals surface area contributed by atoms with E-state index in [1.807, 2.05) is 23.7 Å². The Kier molecular flexibility index (Phi) is 6.37. The molecule has 0 unspecified atom stereocenters. The van der Waals surface area contributed by atoms with Crippen molar-refractivity contribution in [3.05, 3.63) is 41.7 Å². The second kappa shape index (κ2) is 8.94. The van der Waals surface area contributed by atoms with Gasteiger partial charge >= 0.3 is 0 Å². The van der Waals surface area contributed by atoms with Gasteiger partial charge in [0.15, 0.2) is 11.0 Å². The molecular formula is C18H18ClN5O3S. The Morgan fingerprint density at radius 2 is 1.89 bits per heavy atom. The molecule has 3 rings (SSSR count). The third-order valence-electron chi connectivity index (χ3n) is 3.85. The van der Waals surface area contributed by atoms with E-state index in [-0.39, 0.29) is 11.7 Å². The van der Waals surface area contributed by atoms with Crippen LogP contribution in [0.1, 0.15) is 0 Å². The molecule has 0 atom stereocenters. The number of carbonyl (C=O) groups is 1. The molecule has 0 bridgehead atoms. The van der Waals surface area contributed by atoms with Crippen molar-refractivity contribution in [1.82, 2.24) is 19.7 Å². The van der Waals surface area contributed by atoms with Gasteiger partial charge in [-0.2, -0.15) is 0 Å². The van der Waals surface area contributed by atoms with E-state index in [9.17, 15) is 4.79 Å². The highest BCUT2D eigenvalue weighted by Gasteiger charge is 2.15. The topological polar surface area (TPSA) is 91.2 Å². The first-order chi connectivity index (χ1) is 13.5. The Hall–Kier alpha value is -2.78. The molecule has 0 fully saturated rings. The summed E-state index contributed by atoms with van der Waals surface area (Å²) in [5.41, 5.74) is 1.37. The fourth-order valence-corrected chi connectivity index (χ4v) is 3.42. The number of nitrogens with zero attached hydrogens (tertiary/aromatic N) is 4. The van der Waals surface area contributed by atoms with E-state index in [0.29, 0.717) is 33.2 Å². The summed E-state index contributed by atoms with van der Waals surface area (Å²) in [5, 5.41) is 12.1. The van der Waals surface area contributed by atoms with Crippen molar-refractivity contribution < 1.29 is 14.3 Å². The van der Waals surface area contributed by atoms with Crippen LogP contribution in [0.15, 0.2) is 41.8 Å². The van der Waals surface area contributed by atoms with Gasteiger partial charge in [0.1, 0.15) is 11.5 Å². The molecule has 146 valence electrons. The Balaban J connectivity index is 1.67. The lowest BCUT2D eigenvalue weighted by molar-refractivity contribution is -0.113. The normalized spacial score (nSPS) is 10.6. The third-order valence-corrected chi connectivity index (χ3v) is 5.17. The van der Waals surface area contributed by atoms with Crippen LogP contribution in [0.2, 0.25) is 5.02 Å². The molecule has 8 nitrogen and oxygen atoms in total. The number of pyridine rings is 1. The maximum Gasteiger partial charge on any atom is 0.234 e. The molecule has 0 aliphatic carbocycles. The summed E-state index contributed by atoms with van der Waals surface area (Å²) in [5.74, 6) is 1.55. The van der Waals surface area contributed by atoms with Crippen molar-refractivity contribution in [1.29, 1.82) is 0 Å². The molecule has 3 aromatic rings. The molecule has 0 saturated heterocycles. The Labute approximate surface area is 171 Å². The summed E-state index contributed by atoms with van der Waals surface area (Å²) < 4.78 is 12.3. The van der Waals surface area contributed by atoms with Crippen molar-refractivity contribution >= 4 is 35.0 Å². The monoisotopic (exact) mass is 419 g/mol. The van der Waals surface area contributed by atoms with Crippen LogP contribution in [-0.2, 0) is 11.8 Å². The number of halogens is 1.